The number of hydrogen-bond acceptors (Lipinski definition) is 5. The van der Waals surface area contributed by atoms with Crippen LogP contribution in [0, 0.1) is 10.1 Å². The summed E-state index contributed by atoms with van der Waals surface area (Å²) in [4.78, 5) is 10.2. The van der Waals surface area contributed by atoms with Gasteiger partial charge >= 0.3 is 0 Å². The molecule has 0 amide bonds. The Morgan fingerprint density at radius 1 is 1.20 bits per heavy atom. The maximum Gasteiger partial charge on any atom is 0.269 e. The quantitative estimate of drug-likeness (QED) is 0.685. The van der Waals surface area contributed by atoms with Crippen LogP contribution in [-0.4, -0.2) is 10.6 Å². The summed E-state index contributed by atoms with van der Waals surface area (Å²) < 4.78 is 5.40. The molecule has 102 valence electrons. The monoisotopic (exact) mass is 271 g/mol. The number of rotatable bonds is 3. The number of aryl methyl sites for hydroxylation is 1. The number of anilines is 1. The molecule has 3 rings (SSSR count). The number of nitro benzene ring substituents is 1. The summed E-state index contributed by atoms with van der Waals surface area (Å²) in [6.45, 7) is 0. The molecule has 0 saturated carbocycles. The molecule has 1 aliphatic rings. The van der Waals surface area contributed by atoms with E-state index in [-0.39, 0.29) is 5.69 Å². The first-order valence-electron chi connectivity index (χ1n) is 6.38. The molecule has 6 heteroatoms. The Hall–Kier alpha value is -2.63. The Labute approximate surface area is 115 Å². The highest BCUT2D eigenvalue weighted by Gasteiger charge is 2.18. The van der Waals surface area contributed by atoms with Crippen LogP contribution in [0.4, 0.5) is 11.4 Å². The SMILES string of the molecule is O=[N+]([O-])c1ccc(N/N=C2/CCCc3occc32)cc1. The third-order valence-corrected chi connectivity index (χ3v) is 3.27. The van der Waals surface area contributed by atoms with Crippen molar-refractivity contribution in [2.45, 2.75) is 19.3 Å². The van der Waals surface area contributed by atoms with E-state index in [2.05, 4.69) is 10.5 Å². The Kier molecular flexibility index (Phi) is 3.20. The molecular formula is C14H13N3O3. The molecule has 1 aromatic heterocycles. The Morgan fingerprint density at radius 3 is 2.75 bits per heavy atom. The van der Waals surface area contributed by atoms with Gasteiger partial charge in [0, 0.05) is 24.1 Å². The van der Waals surface area contributed by atoms with Crippen LogP contribution in [0.5, 0.6) is 0 Å². The first-order valence-corrected chi connectivity index (χ1v) is 6.38. The second kappa shape index (κ2) is 5.16. The summed E-state index contributed by atoms with van der Waals surface area (Å²) in [6.07, 6.45) is 4.53. The first kappa shape index (κ1) is 12.4. The van der Waals surface area contributed by atoms with E-state index in [1.165, 1.54) is 12.1 Å². The number of nitrogens with one attached hydrogen (secondary N) is 1. The normalized spacial score (nSPS) is 15.9. The topological polar surface area (TPSA) is 80.7 Å². The zero-order valence-electron chi connectivity index (χ0n) is 10.7. The van der Waals surface area contributed by atoms with Crippen molar-refractivity contribution >= 4 is 17.1 Å². The van der Waals surface area contributed by atoms with Gasteiger partial charge in [0.2, 0.25) is 0 Å². The molecule has 0 aliphatic heterocycles. The molecule has 1 heterocycles. The number of nitrogens with zero attached hydrogens (tertiary/aromatic N) is 2. The summed E-state index contributed by atoms with van der Waals surface area (Å²) in [5, 5.41) is 15.0. The van der Waals surface area contributed by atoms with Crippen LogP contribution < -0.4 is 5.43 Å². The van der Waals surface area contributed by atoms with Crippen LogP contribution in [0.15, 0.2) is 46.1 Å². The third-order valence-electron chi connectivity index (χ3n) is 3.27. The van der Waals surface area contributed by atoms with Crippen LogP contribution in [-0.2, 0) is 6.42 Å². The van der Waals surface area contributed by atoms with E-state index in [0.717, 1.165) is 42.0 Å². The van der Waals surface area contributed by atoms with Gasteiger partial charge < -0.3 is 4.42 Å². The molecule has 2 aromatic rings. The van der Waals surface area contributed by atoms with Gasteiger partial charge in [0.15, 0.2) is 0 Å². The maximum absolute atomic E-state index is 10.6. The van der Waals surface area contributed by atoms with Crippen molar-refractivity contribution in [2.75, 3.05) is 5.43 Å². The van der Waals surface area contributed by atoms with E-state index >= 15 is 0 Å². The lowest BCUT2D eigenvalue weighted by molar-refractivity contribution is -0.384. The van der Waals surface area contributed by atoms with Gasteiger partial charge in [-0.15, -0.1) is 0 Å². The van der Waals surface area contributed by atoms with E-state index in [4.69, 9.17) is 4.42 Å². The van der Waals surface area contributed by atoms with Crippen molar-refractivity contribution in [2.24, 2.45) is 5.10 Å². The zero-order valence-corrected chi connectivity index (χ0v) is 10.7. The smallest absolute Gasteiger partial charge is 0.269 e. The molecule has 0 unspecified atom stereocenters. The lowest BCUT2D eigenvalue weighted by Crippen LogP contribution is -2.11. The van der Waals surface area contributed by atoms with Gasteiger partial charge in [0.05, 0.1) is 22.6 Å². The molecule has 20 heavy (non-hydrogen) atoms. The number of fused-ring (bicyclic) bond motifs is 1. The van der Waals surface area contributed by atoms with Gasteiger partial charge in [-0.3, -0.25) is 15.5 Å². The molecule has 6 nitrogen and oxygen atoms in total. The number of hydrogen-bond donors (Lipinski definition) is 1. The largest absolute Gasteiger partial charge is 0.469 e. The molecule has 1 aliphatic carbocycles. The minimum Gasteiger partial charge on any atom is -0.469 e. The van der Waals surface area contributed by atoms with Crippen LogP contribution in [0.25, 0.3) is 0 Å². The summed E-state index contributed by atoms with van der Waals surface area (Å²) in [5.74, 6) is 0.973. The van der Waals surface area contributed by atoms with Crippen molar-refractivity contribution < 1.29 is 9.34 Å². The van der Waals surface area contributed by atoms with Gasteiger partial charge in [0.1, 0.15) is 5.76 Å². The lowest BCUT2D eigenvalue weighted by Gasteiger charge is -2.12. The molecule has 0 saturated heterocycles. The van der Waals surface area contributed by atoms with Crippen molar-refractivity contribution in [3.8, 4) is 0 Å². The molecule has 0 radical (unpaired) electrons. The minimum absolute atomic E-state index is 0.0676. The predicted octanol–water partition coefficient (Wildman–Crippen LogP) is 3.34. The van der Waals surface area contributed by atoms with E-state index in [9.17, 15) is 10.1 Å². The van der Waals surface area contributed by atoms with Crippen molar-refractivity contribution in [1.82, 2.24) is 0 Å². The van der Waals surface area contributed by atoms with Crippen molar-refractivity contribution in [3.05, 3.63) is 58.0 Å². The molecule has 0 bridgehead atoms. The summed E-state index contributed by atoms with van der Waals surface area (Å²) in [7, 11) is 0. The summed E-state index contributed by atoms with van der Waals surface area (Å²) in [5.41, 5.74) is 5.73. The first-order chi connectivity index (χ1) is 9.74. The molecular weight excluding hydrogens is 258 g/mol. The fraction of sp³-hybridized carbons (Fsp3) is 0.214. The number of nitro groups is 1. The van der Waals surface area contributed by atoms with Gasteiger partial charge in [-0.05, 0) is 31.0 Å². The fourth-order valence-electron chi connectivity index (χ4n) is 2.25. The standard InChI is InChI=1S/C14H13N3O3/c18-17(19)11-6-4-10(5-7-11)15-16-13-2-1-3-14-12(13)8-9-20-14/h4-9,15H,1-3H2/b16-13-. The highest BCUT2D eigenvalue weighted by molar-refractivity contribution is 6.02. The van der Waals surface area contributed by atoms with E-state index in [1.54, 1.807) is 18.4 Å². The Balaban J connectivity index is 1.77. The minimum atomic E-state index is -0.422. The number of non-ortho nitro benzene ring substituents is 1. The maximum atomic E-state index is 10.6. The van der Waals surface area contributed by atoms with Crippen LogP contribution in [0.1, 0.15) is 24.2 Å². The lowest BCUT2D eigenvalue weighted by atomic mass is 9.97. The Bertz CT molecular complexity index is 659. The molecule has 0 fully saturated rings. The van der Waals surface area contributed by atoms with Gasteiger partial charge in [0.25, 0.3) is 5.69 Å². The molecule has 0 atom stereocenters. The van der Waals surface area contributed by atoms with Crippen molar-refractivity contribution in [1.29, 1.82) is 0 Å². The van der Waals surface area contributed by atoms with Crippen LogP contribution in [0.2, 0.25) is 0 Å². The summed E-state index contributed by atoms with van der Waals surface area (Å²) in [6, 6.07) is 8.10. The number of benzene rings is 1. The Morgan fingerprint density at radius 2 is 2.00 bits per heavy atom. The van der Waals surface area contributed by atoms with Gasteiger partial charge in [-0.2, -0.15) is 5.10 Å². The molecule has 1 N–H and O–H groups in total. The predicted molar refractivity (Wildman–Crippen MR) is 74.9 cm³/mol. The van der Waals surface area contributed by atoms with Gasteiger partial charge in [-0.25, -0.2) is 0 Å². The number of hydrazone groups is 1. The average Bonchev–Trinajstić information content (AvgIpc) is 2.94. The second-order valence-corrected chi connectivity index (χ2v) is 4.59. The second-order valence-electron chi connectivity index (χ2n) is 4.59. The highest BCUT2D eigenvalue weighted by atomic mass is 16.6. The van der Waals surface area contributed by atoms with Crippen LogP contribution >= 0.6 is 0 Å². The summed E-state index contributed by atoms with van der Waals surface area (Å²) >= 11 is 0. The van der Waals surface area contributed by atoms with E-state index in [1.807, 2.05) is 6.07 Å². The van der Waals surface area contributed by atoms with Crippen LogP contribution in [0.3, 0.4) is 0 Å². The van der Waals surface area contributed by atoms with Crippen molar-refractivity contribution in [3.63, 3.8) is 0 Å². The average molecular weight is 271 g/mol. The highest BCUT2D eigenvalue weighted by Crippen LogP contribution is 2.23. The molecule has 1 aromatic carbocycles. The van der Waals surface area contributed by atoms with E-state index < -0.39 is 4.92 Å². The molecule has 0 spiro atoms. The number of furan rings is 1. The van der Waals surface area contributed by atoms with E-state index in [0.29, 0.717) is 0 Å². The third kappa shape index (κ3) is 2.40. The zero-order chi connectivity index (χ0) is 13.9. The van der Waals surface area contributed by atoms with Gasteiger partial charge in [-0.1, -0.05) is 0 Å². The fourth-order valence-corrected chi connectivity index (χ4v) is 2.25.